The van der Waals surface area contributed by atoms with Crippen molar-refractivity contribution in [2.24, 2.45) is 7.05 Å². The number of halogens is 1. The van der Waals surface area contributed by atoms with Gasteiger partial charge >= 0.3 is 0 Å². The second-order valence-corrected chi connectivity index (χ2v) is 7.31. The molecule has 0 amide bonds. The molecule has 4 nitrogen and oxygen atoms in total. The Balaban J connectivity index is 1.76. The van der Waals surface area contributed by atoms with Crippen LogP contribution in [0.1, 0.15) is 50.3 Å². The zero-order valence-corrected chi connectivity index (χ0v) is 14.2. The Morgan fingerprint density at radius 1 is 1.33 bits per heavy atom. The molecule has 1 saturated heterocycles. The topological polar surface area (TPSA) is 33.1 Å². The monoisotopic (exact) mass is 310 g/mol. The molecule has 3 rings (SSSR count). The summed E-state index contributed by atoms with van der Waals surface area (Å²) < 4.78 is 1.79. The highest BCUT2D eigenvalue weighted by Gasteiger charge is 2.38. The first kappa shape index (κ1) is 15.3. The summed E-state index contributed by atoms with van der Waals surface area (Å²) in [5, 5.41) is 9.07. The van der Waals surface area contributed by atoms with Gasteiger partial charge in [0, 0.05) is 43.8 Å². The van der Waals surface area contributed by atoms with Gasteiger partial charge in [-0.05, 0) is 26.7 Å². The van der Waals surface area contributed by atoms with Crippen LogP contribution in [-0.2, 0) is 13.6 Å². The molecule has 1 aromatic heterocycles. The van der Waals surface area contributed by atoms with Crippen molar-refractivity contribution in [2.45, 2.75) is 64.1 Å². The van der Waals surface area contributed by atoms with Crippen LogP contribution in [0.2, 0.25) is 5.15 Å². The van der Waals surface area contributed by atoms with Crippen LogP contribution >= 0.6 is 11.6 Å². The van der Waals surface area contributed by atoms with E-state index >= 15 is 0 Å². The van der Waals surface area contributed by atoms with Crippen molar-refractivity contribution in [1.29, 1.82) is 0 Å². The minimum atomic E-state index is 0.341. The fourth-order valence-corrected chi connectivity index (χ4v) is 4.16. The van der Waals surface area contributed by atoms with Crippen molar-refractivity contribution in [1.82, 2.24) is 20.0 Å². The van der Waals surface area contributed by atoms with Gasteiger partial charge in [-0.15, -0.1) is 0 Å². The average molecular weight is 311 g/mol. The number of hydrogen-bond donors (Lipinski definition) is 1. The molecule has 1 aromatic rings. The summed E-state index contributed by atoms with van der Waals surface area (Å²) in [5.41, 5.74) is 2.60. The Labute approximate surface area is 132 Å². The maximum absolute atomic E-state index is 6.42. The molecule has 0 bridgehead atoms. The molecule has 0 aromatic carbocycles. The molecule has 5 heteroatoms. The summed E-state index contributed by atoms with van der Waals surface area (Å²) in [5.74, 6) is 0. The normalized spacial score (nSPS) is 26.4. The molecule has 1 aliphatic heterocycles. The van der Waals surface area contributed by atoms with Crippen LogP contribution in [-0.4, -0.2) is 39.4 Å². The fraction of sp³-hybridized carbons (Fsp3) is 0.812. The van der Waals surface area contributed by atoms with Gasteiger partial charge in [-0.2, -0.15) is 5.10 Å². The number of hydrogen-bond acceptors (Lipinski definition) is 3. The molecule has 2 aliphatic rings. The minimum Gasteiger partial charge on any atom is -0.308 e. The van der Waals surface area contributed by atoms with E-state index in [1.54, 1.807) is 4.68 Å². The lowest BCUT2D eigenvalue weighted by molar-refractivity contribution is 0.0572. The third-order valence-electron chi connectivity index (χ3n) is 5.34. The Bertz CT molecular complexity index is 505. The standard InChI is InChI=1S/C16H27ClN4/c1-12-9-18-16(7-5-4-6-8-16)11-21(12)10-14-13(2)19-20(3)15(14)17/h12,18H,4-11H2,1-3H3. The van der Waals surface area contributed by atoms with Gasteiger partial charge in [0.15, 0.2) is 0 Å². The van der Waals surface area contributed by atoms with E-state index in [4.69, 9.17) is 11.6 Å². The summed E-state index contributed by atoms with van der Waals surface area (Å²) in [6, 6.07) is 0.549. The van der Waals surface area contributed by atoms with E-state index in [-0.39, 0.29) is 0 Å². The quantitative estimate of drug-likeness (QED) is 0.912. The van der Waals surface area contributed by atoms with Gasteiger partial charge in [0.25, 0.3) is 0 Å². The molecule has 1 aliphatic carbocycles. The lowest BCUT2D eigenvalue weighted by Crippen LogP contribution is -2.63. The summed E-state index contributed by atoms with van der Waals surface area (Å²) >= 11 is 6.42. The number of rotatable bonds is 2. The first-order chi connectivity index (χ1) is 10.0. The highest BCUT2D eigenvalue weighted by molar-refractivity contribution is 6.30. The van der Waals surface area contributed by atoms with E-state index < -0.39 is 0 Å². The maximum Gasteiger partial charge on any atom is 0.131 e. The summed E-state index contributed by atoms with van der Waals surface area (Å²) in [6.45, 7) is 7.51. The number of nitrogens with one attached hydrogen (secondary N) is 1. The van der Waals surface area contributed by atoms with Crippen molar-refractivity contribution in [2.75, 3.05) is 13.1 Å². The third-order valence-corrected chi connectivity index (χ3v) is 5.82. The predicted octanol–water partition coefficient (Wildman–Crippen LogP) is 2.88. The van der Waals surface area contributed by atoms with Gasteiger partial charge in [0.2, 0.25) is 0 Å². The van der Waals surface area contributed by atoms with Crippen LogP contribution in [0.5, 0.6) is 0 Å². The van der Waals surface area contributed by atoms with Crippen LogP contribution in [0.3, 0.4) is 0 Å². The zero-order chi connectivity index (χ0) is 15.0. The molecular weight excluding hydrogens is 284 g/mol. The number of piperazine rings is 1. The van der Waals surface area contributed by atoms with Gasteiger partial charge in [-0.1, -0.05) is 30.9 Å². The molecule has 1 atom stereocenters. The Hall–Kier alpha value is -0.580. The van der Waals surface area contributed by atoms with Gasteiger partial charge in [-0.3, -0.25) is 9.58 Å². The van der Waals surface area contributed by atoms with E-state index in [9.17, 15) is 0 Å². The molecule has 118 valence electrons. The van der Waals surface area contributed by atoms with E-state index in [1.165, 1.54) is 37.7 Å². The Morgan fingerprint density at radius 3 is 2.67 bits per heavy atom. The van der Waals surface area contributed by atoms with Crippen LogP contribution in [0.25, 0.3) is 0 Å². The first-order valence-corrected chi connectivity index (χ1v) is 8.56. The summed E-state index contributed by atoms with van der Waals surface area (Å²) in [4.78, 5) is 2.59. The predicted molar refractivity (Wildman–Crippen MR) is 86.6 cm³/mol. The lowest BCUT2D eigenvalue weighted by atomic mass is 9.79. The molecule has 21 heavy (non-hydrogen) atoms. The van der Waals surface area contributed by atoms with Crippen LogP contribution in [0, 0.1) is 6.92 Å². The zero-order valence-electron chi connectivity index (χ0n) is 13.5. The average Bonchev–Trinajstić information content (AvgIpc) is 2.71. The molecule has 1 saturated carbocycles. The summed E-state index contributed by atoms with van der Waals surface area (Å²) in [7, 11) is 1.92. The highest BCUT2D eigenvalue weighted by atomic mass is 35.5. The Kier molecular flexibility index (Phi) is 4.30. The molecule has 1 spiro atoms. The van der Waals surface area contributed by atoms with Crippen molar-refractivity contribution < 1.29 is 0 Å². The van der Waals surface area contributed by atoms with Crippen LogP contribution < -0.4 is 5.32 Å². The van der Waals surface area contributed by atoms with Crippen LogP contribution in [0.4, 0.5) is 0 Å². The molecule has 2 heterocycles. The van der Waals surface area contributed by atoms with Gasteiger partial charge in [-0.25, -0.2) is 0 Å². The van der Waals surface area contributed by atoms with E-state index in [2.05, 4.69) is 29.2 Å². The smallest absolute Gasteiger partial charge is 0.131 e. The van der Waals surface area contributed by atoms with Crippen molar-refractivity contribution in [3.8, 4) is 0 Å². The van der Waals surface area contributed by atoms with Crippen molar-refractivity contribution >= 4 is 11.6 Å². The Morgan fingerprint density at radius 2 is 2.05 bits per heavy atom. The van der Waals surface area contributed by atoms with Crippen molar-refractivity contribution in [3.05, 3.63) is 16.4 Å². The minimum absolute atomic E-state index is 0.341. The van der Waals surface area contributed by atoms with Gasteiger partial charge in [0.05, 0.1) is 5.69 Å². The number of aryl methyl sites for hydroxylation is 2. The SMILES string of the molecule is Cc1nn(C)c(Cl)c1CN1CC2(CCCCC2)NCC1C. The van der Waals surface area contributed by atoms with Crippen molar-refractivity contribution in [3.63, 3.8) is 0 Å². The highest BCUT2D eigenvalue weighted by Crippen LogP contribution is 2.33. The van der Waals surface area contributed by atoms with E-state index in [0.717, 1.165) is 30.5 Å². The molecule has 0 radical (unpaired) electrons. The molecule has 2 fully saturated rings. The fourth-order valence-electron chi connectivity index (χ4n) is 3.93. The second-order valence-electron chi connectivity index (χ2n) is 6.95. The second kappa shape index (κ2) is 5.90. The lowest BCUT2D eigenvalue weighted by Gasteiger charge is -2.49. The maximum atomic E-state index is 6.42. The third kappa shape index (κ3) is 2.99. The number of nitrogens with zero attached hydrogens (tertiary/aromatic N) is 3. The van der Waals surface area contributed by atoms with Gasteiger partial charge in [0.1, 0.15) is 5.15 Å². The van der Waals surface area contributed by atoms with Gasteiger partial charge < -0.3 is 5.32 Å². The summed E-state index contributed by atoms with van der Waals surface area (Å²) in [6.07, 6.45) is 6.75. The van der Waals surface area contributed by atoms with Crippen LogP contribution in [0.15, 0.2) is 0 Å². The van der Waals surface area contributed by atoms with E-state index in [1.807, 2.05) is 7.05 Å². The number of aromatic nitrogens is 2. The molecule has 1 unspecified atom stereocenters. The molecular formula is C16H27ClN4. The first-order valence-electron chi connectivity index (χ1n) is 8.18. The van der Waals surface area contributed by atoms with E-state index in [0.29, 0.717) is 11.6 Å². The molecule has 1 N–H and O–H groups in total. The largest absolute Gasteiger partial charge is 0.308 e.